The summed E-state index contributed by atoms with van der Waals surface area (Å²) < 4.78 is 10.8. The number of halogens is 1. The third kappa shape index (κ3) is 5.01. The average molecular weight is 454 g/mol. The second-order valence-corrected chi connectivity index (χ2v) is 7.42. The van der Waals surface area contributed by atoms with Gasteiger partial charge in [-0.25, -0.2) is 9.97 Å². The molecule has 0 fully saturated rings. The number of rotatable bonds is 9. The number of anilines is 2. The Balaban J connectivity index is 2.03. The summed E-state index contributed by atoms with van der Waals surface area (Å²) in [5, 5.41) is 16.2. The number of methoxy groups -OCH3 is 2. The molecule has 0 spiro atoms. The van der Waals surface area contributed by atoms with Crippen molar-refractivity contribution in [2.75, 3.05) is 24.9 Å². The van der Waals surface area contributed by atoms with Crippen molar-refractivity contribution in [3.8, 4) is 17.6 Å². The molecule has 3 aromatic rings. The Morgan fingerprint density at radius 3 is 2.69 bits per heavy atom. The van der Waals surface area contributed by atoms with Crippen LogP contribution in [0.2, 0.25) is 5.02 Å². The van der Waals surface area contributed by atoms with Crippen LogP contribution in [0.25, 0.3) is 10.9 Å². The van der Waals surface area contributed by atoms with Crippen molar-refractivity contribution in [2.45, 2.75) is 32.7 Å². The first-order chi connectivity index (χ1) is 15.5. The first-order valence-corrected chi connectivity index (χ1v) is 10.5. The molecule has 0 saturated carbocycles. The van der Waals surface area contributed by atoms with Crippen LogP contribution >= 0.6 is 11.6 Å². The molecular formula is C23H24ClN5O3. The van der Waals surface area contributed by atoms with E-state index < -0.39 is 5.91 Å². The van der Waals surface area contributed by atoms with Gasteiger partial charge in [-0.2, -0.15) is 5.26 Å². The summed E-state index contributed by atoms with van der Waals surface area (Å²) in [6.07, 6.45) is 2.81. The number of nitrogens with one attached hydrogen (secondary N) is 2. The lowest BCUT2D eigenvalue weighted by atomic mass is 10.0. The number of nitriles is 1. The van der Waals surface area contributed by atoms with E-state index in [1.54, 1.807) is 20.3 Å². The number of fused-ring (bicyclic) bond motifs is 1. The highest BCUT2D eigenvalue weighted by Crippen LogP contribution is 2.38. The number of ether oxygens (including phenoxy) is 2. The van der Waals surface area contributed by atoms with Gasteiger partial charge in [-0.15, -0.1) is 0 Å². The predicted octanol–water partition coefficient (Wildman–Crippen LogP) is 4.72. The number of hydrogen-bond acceptors (Lipinski definition) is 7. The highest BCUT2D eigenvalue weighted by molar-refractivity contribution is 6.32. The van der Waals surface area contributed by atoms with Crippen LogP contribution in [0.4, 0.5) is 11.5 Å². The summed E-state index contributed by atoms with van der Waals surface area (Å²) >= 11 is 6.23. The smallest absolute Gasteiger partial charge is 0.238 e. The molecule has 0 bridgehead atoms. The van der Waals surface area contributed by atoms with E-state index in [4.69, 9.17) is 26.3 Å². The molecule has 0 aliphatic carbocycles. The van der Waals surface area contributed by atoms with E-state index in [0.29, 0.717) is 41.0 Å². The first-order valence-electron chi connectivity index (χ1n) is 10.1. The number of hydrogen-bond donors (Lipinski definition) is 2. The van der Waals surface area contributed by atoms with Gasteiger partial charge in [0.25, 0.3) is 0 Å². The Hall–Kier alpha value is -3.57. The zero-order valence-corrected chi connectivity index (χ0v) is 18.9. The van der Waals surface area contributed by atoms with E-state index in [1.807, 2.05) is 24.3 Å². The lowest BCUT2D eigenvalue weighted by Crippen LogP contribution is -2.13. The molecule has 166 valence electrons. The molecule has 0 aliphatic rings. The molecule has 3 rings (SSSR count). The largest absolute Gasteiger partial charge is 0.495 e. The Morgan fingerprint density at radius 1 is 1.22 bits per heavy atom. The van der Waals surface area contributed by atoms with Gasteiger partial charge in [-0.1, -0.05) is 31.0 Å². The predicted molar refractivity (Wildman–Crippen MR) is 124 cm³/mol. The molecule has 0 saturated heterocycles. The van der Waals surface area contributed by atoms with Gasteiger partial charge in [0, 0.05) is 17.5 Å². The Bertz CT molecular complexity index is 1180. The molecule has 8 nitrogen and oxygen atoms in total. The lowest BCUT2D eigenvalue weighted by Gasteiger charge is -2.18. The van der Waals surface area contributed by atoms with Crippen LogP contribution in [0, 0.1) is 11.3 Å². The van der Waals surface area contributed by atoms with Gasteiger partial charge in [-0.3, -0.25) is 4.79 Å². The highest BCUT2D eigenvalue weighted by Gasteiger charge is 2.19. The summed E-state index contributed by atoms with van der Waals surface area (Å²) in [6, 6.07) is 9.18. The minimum Gasteiger partial charge on any atom is -0.495 e. The van der Waals surface area contributed by atoms with E-state index in [2.05, 4.69) is 27.5 Å². The van der Waals surface area contributed by atoms with Crippen LogP contribution < -0.4 is 20.1 Å². The van der Waals surface area contributed by atoms with Crippen LogP contribution in [-0.4, -0.2) is 30.1 Å². The quantitative estimate of drug-likeness (QED) is 0.482. The van der Waals surface area contributed by atoms with Gasteiger partial charge >= 0.3 is 0 Å². The molecular weight excluding hydrogens is 430 g/mol. The van der Waals surface area contributed by atoms with Gasteiger partial charge in [0.15, 0.2) is 0 Å². The zero-order chi connectivity index (χ0) is 23.1. The third-order valence-electron chi connectivity index (χ3n) is 4.87. The molecule has 0 atom stereocenters. The van der Waals surface area contributed by atoms with Crippen molar-refractivity contribution in [2.24, 2.45) is 0 Å². The van der Waals surface area contributed by atoms with Gasteiger partial charge in [0.1, 0.15) is 30.1 Å². The van der Waals surface area contributed by atoms with Crippen molar-refractivity contribution < 1.29 is 14.3 Å². The maximum absolute atomic E-state index is 12.1. The van der Waals surface area contributed by atoms with Crippen molar-refractivity contribution >= 4 is 39.9 Å². The van der Waals surface area contributed by atoms with Crippen LogP contribution in [0.5, 0.6) is 11.5 Å². The van der Waals surface area contributed by atoms with Gasteiger partial charge in [0.2, 0.25) is 5.91 Å². The number of amides is 1. The normalized spacial score (nSPS) is 10.5. The number of aromatic nitrogens is 2. The average Bonchev–Trinajstić information content (AvgIpc) is 2.78. The molecule has 0 unspecified atom stereocenters. The molecule has 2 aromatic carbocycles. The monoisotopic (exact) mass is 453 g/mol. The summed E-state index contributed by atoms with van der Waals surface area (Å²) in [7, 11) is 3.12. The summed E-state index contributed by atoms with van der Waals surface area (Å²) in [5.41, 5.74) is 3.05. The second-order valence-electron chi connectivity index (χ2n) is 7.01. The number of carbonyl (C=O) groups is 1. The van der Waals surface area contributed by atoms with Crippen molar-refractivity contribution in [3.63, 3.8) is 0 Å². The van der Waals surface area contributed by atoms with E-state index >= 15 is 0 Å². The number of benzene rings is 2. The summed E-state index contributed by atoms with van der Waals surface area (Å²) in [4.78, 5) is 21.0. The maximum atomic E-state index is 12.1. The molecule has 9 heteroatoms. The van der Waals surface area contributed by atoms with Gasteiger partial charge < -0.3 is 20.1 Å². The summed E-state index contributed by atoms with van der Waals surface area (Å²) in [6.45, 7) is 2.53. The highest BCUT2D eigenvalue weighted by atomic mass is 35.5. The van der Waals surface area contributed by atoms with E-state index in [1.165, 1.54) is 6.33 Å². The third-order valence-corrected chi connectivity index (χ3v) is 5.17. The Labute approximate surface area is 191 Å². The minimum atomic E-state index is -0.410. The SMILES string of the molecule is CCCc1c(OC)c(NC(=O)CC#N)cc2c(NCc3ccc(OC)c(Cl)c3)ncnc12. The standard InChI is InChI=1S/C23H24ClN5O3/c1-4-5-15-21-16(11-18(22(15)32-3)29-20(30)8-9-25)23(28-13-27-21)26-12-14-6-7-19(31-2)17(24)10-14/h6-7,10-11,13H,4-5,8,12H2,1-3H3,(H,29,30)(H,26,27,28). The van der Waals surface area contributed by atoms with Crippen molar-refractivity contribution in [3.05, 3.63) is 46.7 Å². The second kappa shape index (κ2) is 10.6. The van der Waals surface area contributed by atoms with E-state index in [-0.39, 0.29) is 6.42 Å². The molecule has 0 aliphatic heterocycles. The topological polar surface area (TPSA) is 109 Å². The van der Waals surface area contributed by atoms with Crippen LogP contribution in [0.1, 0.15) is 30.9 Å². The maximum Gasteiger partial charge on any atom is 0.238 e. The lowest BCUT2D eigenvalue weighted by molar-refractivity contribution is -0.115. The Kier molecular flexibility index (Phi) is 7.68. The van der Waals surface area contributed by atoms with Crippen molar-refractivity contribution in [1.82, 2.24) is 9.97 Å². The Morgan fingerprint density at radius 2 is 2.03 bits per heavy atom. The van der Waals surface area contributed by atoms with E-state index in [9.17, 15) is 4.79 Å². The number of aryl methyl sites for hydroxylation is 1. The first kappa shape index (κ1) is 23.1. The van der Waals surface area contributed by atoms with Crippen LogP contribution in [0.3, 0.4) is 0 Å². The number of carbonyl (C=O) groups excluding carboxylic acids is 1. The van der Waals surface area contributed by atoms with Crippen LogP contribution in [0.15, 0.2) is 30.6 Å². The van der Waals surface area contributed by atoms with Crippen LogP contribution in [-0.2, 0) is 17.8 Å². The molecule has 1 aromatic heterocycles. The zero-order valence-electron chi connectivity index (χ0n) is 18.2. The molecule has 1 heterocycles. The minimum absolute atomic E-state index is 0.251. The van der Waals surface area contributed by atoms with Gasteiger partial charge in [-0.05, 0) is 30.2 Å². The molecule has 32 heavy (non-hydrogen) atoms. The van der Waals surface area contributed by atoms with Gasteiger partial charge in [0.05, 0.1) is 36.5 Å². The van der Waals surface area contributed by atoms with Crippen molar-refractivity contribution in [1.29, 1.82) is 5.26 Å². The molecule has 0 radical (unpaired) electrons. The molecule has 1 amide bonds. The molecule has 2 N–H and O–H groups in total. The fourth-order valence-electron chi connectivity index (χ4n) is 3.47. The number of nitrogens with zero attached hydrogens (tertiary/aromatic N) is 3. The van der Waals surface area contributed by atoms with E-state index in [0.717, 1.165) is 28.5 Å². The fraction of sp³-hybridized carbons (Fsp3) is 0.304. The fourth-order valence-corrected chi connectivity index (χ4v) is 3.75. The summed E-state index contributed by atoms with van der Waals surface area (Å²) in [5.74, 6) is 1.35.